The van der Waals surface area contributed by atoms with Crippen LogP contribution in [0, 0.1) is 0 Å². The SMILES string of the molecule is COc1ccc(C(N)c2nc(-c3cccc(O)c3)n[nH]2)cc1OC. The first-order valence-corrected chi connectivity index (χ1v) is 7.31. The van der Waals surface area contributed by atoms with Crippen molar-refractivity contribution in [2.45, 2.75) is 6.04 Å². The Labute approximate surface area is 139 Å². The number of nitrogens with one attached hydrogen (secondary N) is 1. The number of benzene rings is 2. The van der Waals surface area contributed by atoms with Crippen molar-refractivity contribution in [2.24, 2.45) is 5.73 Å². The molecule has 0 bridgehead atoms. The summed E-state index contributed by atoms with van der Waals surface area (Å²) in [4.78, 5) is 4.42. The summed E-state index contributed by atoms with van der Waals surface area (Å²) in [5.41, 5.74) is 7.79. The van der Waals surface area contributed by atoms with E-state index in [4.69, 9.17) is 15.2 Å². The summed E-state index contributed by atoms with van der Waals surface area (Å²) in [6.45, 7) is 0. The van der Waals surface area contributed by atoms with E-state index in [1.807, 2.05) is 12.1 Å². The second kappa shape index (κ2) is 6.59. The van der Waals surface area contributed by atoms with Crippen LogP contribution in [0.25, 0.3) is 11.4 Å². The second-order valence-corrected chi connectivity index (χ2v) is 5.19. The summed E-state index contributed by atoms with van der Waals surface area (Å²) >= 11 is 0. The van der Waals surface area contributed by atoms with Crippen molar-refractivity contribution in [1.29, 1.82) is 0 Å². The lowest BCUT2D eigenvalue weighted by Gasteiger charge is -2.13. The van der Waals surface area contributed by atoms with Gasteiger partial charge in [0, 0.05) is 5.56 Å². The van der Waals surface area contributed by atoms with E-state index in [2.05, 4.69) is 15.2 Å². The number of methoxy groups -OCH3 is 2. The summed E-state index contributed by atoms with van der Waals surface area (Å²) in [6, 6.07) is 11.7. The van der Waals surface area contributed by atoms with Crippen LogP contribution in [0.5, 0.6) is 17.2 Å². The Hall–Kier alpha value is -3.06. The largest absolute Gasteiger partial charge is 0.508 e. The molecule has 1 atom stereocenters. The molecule has 1 aromatic heterocycles. The monoisotopic (exact) mass is 326 g/mol. The fourth-order valence-corrected chi connectivity index (χ4v) is 2.39. The molecule has 0 aliphatic rings. The van der Waals surface area contributed by atoms with Gasteiger partial charge in [0.15, 0.2) is 17.3 Å². The number of H-pyrrole nitrogens is 1. The average Bonchev–Trinajstić information content (AvgIpc) is 3.10. The minimum absolute atomic E-state index is 0.156. The predicted molar refractivity (Wildman–Crippen MR) is 89.1 cm³/mol. The molecule has 1 unspecified atom stereocenters. The van der Waals surface area contributed by atoms with E-state index in [9.17, 15) is 5.11 Å². The van der Waals surface area contributed by atoms with Crippen molar-refractivity contribution >= 4 is 0 Å². The fraction of sp³-hybridized carbons (Fsp3) is 0.176. The van der Waals surface area contributed by atoms with E-state index in [1.54, 1.807) is 44.6 Å². The van der Waals surface area contributed by atoms with Gasteiger partial charge in [-0.2, -0.15) is 5.10 Å². The van der Waals surface area contributed by atoms with Crippen molar-refractivity contribution in [2.75, 3.05) is 14.2 Å². The first-order chi connectivity index (χ1) is 11.6. The highest BCUT2D eigenvalue weighted by Crippen LogP contribution is 2.31. The van der Waals surface area contributed by atoms with Gasteiger partial charge in [-0.15, -0.1) is 0 Å². The Balaban J connectivity index is 1.90. The molecule has 0 saturated carbocycles. The Morgan fingerprint density at radius 1 is 1.08 bits per heavy atom. The summed E-state index contributed by atoms with van der Waals surface area (Å²) < 4.78 is 10.5. The smallest absolute Gasteiger partial charge is 0.181 e. The highest BCUT2D eigenvalue weighted by Gasteiger charge is 2.17. The van der Waals surface area contributed by atoms with E-state index in [-0.39, 0.29) is 5.75 Å². The standard InChI is InChI=1S/C17H18N4O3/c1-23-13-7-6-10(9-14(13)24-2)15(18)17-19-16(20-21-17)11-4-3-5-12(22)8-11/h3-9,15,22H,18H2,1-2H3,(H,19,20,21). The molecule has 0 radical (unpaired) electrons. The number of rotatable bonds is 5. The fourth-order valence-electron chi connectivity index (χ4n) is 2.39. The third-order valence-corrected chi connectivity index (χ3v) is 3.67. The first kappa shape index (κ1) is 15.8. The minimum atomic E-state index is -0.497. The Morgan fingerprint density at radius 3 is 2.58 bits per heavy atom. The van der Waals surface area contributed by atoms with E-state index < -0.39 is 6.04 Å². The van der Waals surface area contributed by atoms with Crippen LogP contribution in [0.2, 0.25) is 0 Å². The van der Waals surface area contributed by atoms with Gasteiger partial charge in [-0.25, -0.2) is 4.98 Å². The maximum absolute atomic E-state index is 9.56. The van der Waals surface area contributed by atoms with E-state index in [0.717, 1.165) is 5.56 Å². The third-order valence-electron chi connectivity index (χ3n) is 3.67. The molecule has 0 saturated heterocycles. The Morgan fingerprint density at radius 2 is 1.88 bits per heavy atom. The third kappa shape index (κ3) is 3.02. The van der Waals surface area contributed by atoms with Crippen LogP contribution in [-0.4, -0.2) is 34.5 Å². The number of phenolic OH excluding ortho intramolecular Hbond substituents is 1. The highest BCUT2D eigenvalue weighted by molar-refractivity contribution is 5.57. The summed E-state index contributed by atoms with van der Waals surface area (Å²) in [7, 11) is 3.15. The van der Waals surface area contributed by atoms with Crippen LogP contribution in [0.1, 0.15) is 17.4 Å². The lowest BCUT2D eigenvalue weighted by Crippen LogP contribution is -2.14. The number of hydrogen-bond acceptors (Lipinski definition) is 6. The Bertz CT molecular complexity index is 847. The second-order valence-electron chi connectivity index (χ2n) is 5.19. The van der Waals surface area contributed by atoms with Crippen molar-refractivity contribution in [3.63, 3.8) is 0 Å². The van der Waals surface area contributed by atoms with Crippen LogP contribution < -0.4 is 15.2 Å². The quantitative estimate of drug-likeness (QED) is 0.664. The minimum Gasteiger partial charge on any atom is -0.508 e. The van der Waals surface area contributed by atoms with Crippen molar-refractivity contribution in [1.82, 2.24) is 15.2 Å². The maximum Gasteiger partial charge on any atom is 0.181 e. The molecule has 2 aromatic carbocycles. The van der Waals surface area contributed by atoms with Crippen LogP contribution in [0.15, 0.2) is 42.5 Å². The molecule has 0 fully saturated rings. The number of nitrogens with two attached hydrogens (primary N) is 1. The van der Waals surface area contributed by atoms with Gasteiger partial charge >= 0.3 is 0 Å². The zero-order valence-electron chi connectivity index (χ0n) is 13.4. The van der Waals surface area contributed by atoms with Gasteiger partial charge in [0.05, 0.1) is 20.3 Å². The zero-order valence-corrected chi connectivity index (χ0v) is 13.4. The van der Waals surface area contributed by atoms with Gasteiger partial charge in [0.2, 0.25) is 0 Å². The topological polar surface area (TPSA) is 106 Å². The lowest BCUT2D eigenvalue weighted by molar-refractivity contribution is 0.354. The molecule has 0 amide bonds. The summed E-state index contributed by atoms with van der Waals surface area (Å²) in [5.74, 6) is 2.37. The molecule has 24 heavy (non-hydrogen) atoms. The van der Waals surface area contributed by atoms with Crippen LogP contribution in [0.3, 0.4) is 0 Å². The highest BCUT2D eigenvalue weighted by atomic mass is 16.5. The van der Waals surface area contributed by atoms with E-state index in [0.29, 0.717) is 28.7 Å². The van der Waals surface area contributed by atoms with Gasteiger partial charge < -0.3 is 20.3 Å². The summed E-state index contributed by atoms with van der Waals surface area (Å²) in [6.07, 6.45) is 0. The van der Waals surface area contributed by atoms with Crippen LogP contribution in [-0.2, 0) is 0 Å². The number of phenols is 1. The average molecular weight is 326 g/mol. The molecular formula is C17H18N4O3. The Kier molecular flexibility index (Phi) is 4.35. The van der Waals surface area contributed by atoms with Gasteiger partial charge in [0.1, 0.15) is 11.6 Å². The molecule has 7 nitrogen and oxygen atoms in total. The van der Waals surface area contributed by atoms with Gasteiger partial charge in [0.25, 0.3) is 0 Å². The molecule has 7 heteroatoms. The molecule has 3 rings (SSSR count). The number of nitrogens with zero attached hydrogens (tertiary/aromatic N) is 2. The van der Waals surface area contributed by atoms with Crippen molar-refractivity contribution in [3.8, 4) is 28.6 Å². The van der Waals surface area contributed by atoms with Crippen LogP contribution >= 0.6 is 0 Å². The van der Waals surface area contributed by atoms with Crippen molar-refractivity contribution in [3.05, 3.63) is 53.9 Å². The van der Waals surface area contributed by atoms with Crippen molar-refractivity contribution < 1.29 is 14.6 Å². The molecule has 0 aliphatic carbocycles. The number of aromatic amines is 1. The van der Waals surface area contributed by atoms with Crippen LogP contribution in [0.4, 0.5) is 0 Å². The molecule has 0 spiro atoms. The lowest BCUT2D eigenvalue weighted by atomic mass is 10.1. The molecule has 0 aliphatic heterocycles. The van der Waals surface area contributed by atoms with E-state index in [1.165, 1.54) is 0 Å². The molecular weight excluding hydrogens is 308 g/mol. The van der Waals surface area contributed by atoms with E-state index >= 15 is 0 Å². The first-order valence-electron chi connectivity index (χ1n) is 7.31. The molecule has 1 heterocycles. The number of hydrogen-bond donors (Lipinski definition) is 3. The zero-order chi connectivity index (χ0) is 17.1. The summed E-state index contributed by atoms with van der Waals surface area (Å²) in [5, 5.41) is 16.6. The number of aromatic hydroxyl groups is 1. The van der Waals surface area contributed by atoms with Gasteiger partial charge in [-0.3, -0.25) is 5.10 Å². The number of aromatic nitrogens is 3. The number of ether oxygens (including phenoxy) is 2. The maximum atomic E-state index is 9.56. The molecule has 4 N–H and O–H groups in total. The normalized spacial score (nSPS) is 12.0. The predicted octanol–water partition coefficient (Wildman–Crippen LogP) is 2.24. The molecule has 3 aromatic rings. The van der Waals surface area contributed by atoms with Gasteiger partial charge in [-0.1, -0.05) is 18.2 Å². The molecule has 124 valence electrons. The van der Waals surface area contributed by atoms with Gasteiger partial charge in [-0.05, 0) is 29.8 Å².